The number of aryl methyl sites for hydroxylation is 1. The molecule has 0 saturated heterocycles. The lowest BCUT2D eigenvalue weighted by Crippen LogP contribution is -2.16. The lowest BCUT2D eigenvalue weighted by Gasteiger charge is -2.10. The lowest BCUT2D eigenvalue weighted by molar-refractivity contribution is 0.305. The second-order valence-electron chi connectivity index (χ2n) is 6.27. The fraction of sp³-hybridized carbons (Fsp3) is 0.217. The van der Waals surface area contributed by atoms with Crippen molar-refractivity contribution in [3.8, 4) is 5.75 Å². The van der Waals surface area contributed by atoms with Crippen LogP contribution >= 0.6 is 0 Å². The summed E-state index contributed by atoms with van der Waals surface area (Å²) in [5.41, 5.74) is 5.14. The monoisotopic (exact) mass is 331 g/mol. The quantitative estimate of drug-likeness (QED) is 0.592. The summed E-state index contributed by atoms with van der Waals surface area (Å²) in [6.07, 6.45) is 1.05. The molecule has 0 aliphatic rings. The van der Waals surface area contributed by atoms with Crippen LogP contribution in [-0.2, 0) is 19.6 Å². The van der Waals surface area contributed by atoms with E-state index in [4.69, 9.17) is 4.74 Å². The maximum Gasteiger partial charge on any atom is 0.119 e. The molecule has 0 aromatic heterocycles. The molecule has 0 saturated carbocycles. The van der Waals surface area contributed by atoms with Crippen molar-refractivity contribution in [2.45, 2.75) is 26.5 Å². The van der Waals surface area contributed by atoms with E-state index in [1.165, 1.54) is 22.3 Å². The largest absolute Gasteiger partial charge is 0.489 e. The van der Waals surface area contributed by atoms with Crippen LogP contribution in [0.3, 0.4) is 0 Å². The minimum absolute atomic E-state index is 0.612. The number of hydrogen-bond donors (Lipinski definition) is 1. The first kappa shape index (κ1) is 17.2. The molecule has 0 radical (unpaired) electrons. The van der Waals surface area contributed by atoms with Crippen molar-refractivity contribution in [3.63, 3.8) is 0 Å². The Kier molecular flexibility index (Phi) is 6.24. The van der Waals surface area contributed by atoms with Crippen LogP contribution in [0, 0.1) is 6.92 Å². The number of ether oxygens (including phenoxy) is 1. The van der Waals surface area contributed by atoms with Crippen molar-refractivity contribution in [1.82, 2.24) is 5.32 Å². The van der Waals surface area contributed by atoms with Gasteiger partial charge in [0.05, 0.1) is 0 Å². The molecule has 0 amide bonds. The molecule has 0 heterocycles. The maximum absolute atomic E-state index is 5.89. The summed E-state index contributed by atoms with van der Waals surface area (Å²) in [6, 6.07) is 27.3. The van der Waals surface area contributed by atoms with E-state index in [1.807, 2.05) is 12.1 Å². The summed E-state index contributed by atoms with van der Waals surface area (Å²) < 4.78 is 5.89. The van der Waals surface area contributed by atoms with Crippen LogP contribution in [0.15, 0.2) is 78.9 Å². The molecule has 128 valence electrons. The van der Waals surface area contributed by atoms with E-state index in [0.29, 0.717) is 6.61 Å². The van der Waals surface area contributed by atoms with Gasteiger partial charge >= 0.3 is 0 Å². The number of benzene rings is 3. The summed E-state index contributed by atoms with van der Waals surface area (Å²) in [4.78, 5) is 0. The highest BCUT2D eigenvalue weighted by Crippen LogP contribution is 2.15. The van der Waals surface area contributed by atoms with Gasteiger partial charge in [0.2, 0.25) is 0 Å². The normalized spacial score (nSPS) is 10.6. The Labute approximate surface area is 150 Å². The zero-order valence-corrected chi connectivity index (χ0v) is 14.7. The highest BCUT2D eigenvalue weighted by atomic mass is 16.5. The predicted molar refractivity (Wildman–Crippen MR) is 104 cm³/mol. The van der Waals surface area contributed by atoms with Crippen LogP contribution in [0.1, 0.15) is 22.3 Å². The van der Waals surface area contributed by atoms with Crippen LogP contribution in [0.2, 0.25) is 0 Å². The number of hydrogen-bond acceptors (Lipinski definition) is 2. The third-order valence-corrected chi connectivity index (χ3v) is 4.34. The van der Waals surface area contributed by atoms with Gasteiger partial charge < -0.3 is 10.1 Å². The van der Waals surface area contributed by atoms with Crippen LogP contribution in [0.4, 0.5) is 0 Å². The molecule has 0 unspecified atom stereocenters. The van der Waals surface area contributed by atoms with Crippen molar-refractivity contribution in [3.05, 3.63) is 101 Å². The van der Waals surface area contributed by atoms with Crippen molar-refractivity contribution in [2.24, 2.45) is 0 Å². The van der Waals surface area contributed by atoms with Crippen LogP contribution in [-0.4, -0.2) is 6.54 Å². The van der Waals surface area contributed by atoms with Crippen molar-refractivity contribution in [1.29, 1.82) is 0 Å². The highest BCUT2D eigenvalue weighted by Gasteiger charge is 2.00. The molecule has 3 aromatic carbocycles. The predicted octanol–water partition coefficient (Wildman–Crippen LogP) is 4.91. The van der Waals surface area contributed by atoms with E-state index in [2.05, 4.69) is 79.0 Å². The Morgan fingerprint density at radius 1 is 0.760 bits per heavy atom. The Hall–Kier alpha value is -2.58. The molecule has 2 heteroatoms. The molecule has 0 bridgehead atoms. The fourth-order valence-electron chi connectivity index (χ4n) is 2.75. The van der Waals surface area contributed by atoms with Gasteiger partial charge in [0, 0.05) is 6.54 Å². The standard InChI is InChI=1S/C23H25NO/c1-19-7-5-6-10-22(19)18-25-23-13-11-21(12-14-23)17-24-16-15-20-8-3-2-4-9-20/h2-14,24H,15-18H2,1H3. The molecule has 25 heavy (non-hydrogen) atoms. The van der Waals surface area contributed by atoms with Crippen molar-refractivity contribution >= 4 is 0 Å². The zero-order valence-electron chi connectivity index (χ0n) is 14.7. The maximum atomic E-state index is 5.89. The van der Waals surface area contributed by atoms with E-state index < -0.39 is 0 Å². The van der Waals surface area contributed by atoms with Crippen LogP contribution < -0.4 is 10.1 Å². The summed E-state index contributed by atoms with van der Waals surface area (Å²) in [5, 5.41) is 3.49. The first-order chi connectivity index (χ1) is 12.3. The molecular formula is C23H25NO. The molecule has 0 aliphatic heterocycles. The molecule has 3 rings (SSSR count). The van der Waals surface area contributed by atoms with Gasteiger partial charge in [-0.2, -0.15) is 0 Å². The topological polar surface area (TPSA) is 21.3 Å². The minimum Gasteiger partial charge on any atom is -0.489 e. The average Bonchev–Trinajstić information content (AvgIpc) is 2.66. The van der Waals surface area contributed by atoms with Gasteiger partial charge in [0.1, 0.15) is 12.4 Å². The van der Waals surface area contributed by atoms with Crippen LogP contribution in [0.25, 0.3) is 0 Å². The summed E-state index contributed by atoms with van der Waals surface area (Å²) >= 11 is 0. The van der Waals surface area contributed by atoms with Gasteiger partial charge in [-0.15, -0.1) is 0 Å². The SMILES string of the molecule is Cc1ccccc1COc1ccc(CNCCc2ccccc2)cc1. The Balaban J connectivity index is 1.42. The Morgan fingerprint density at radius 2 is 1.48 bits per heavy atom. The van der Waals surface area contributed by atoms with E-state index in [1.54, 1.807) is 0 Å². The molecule has 1 N–H and O–H groups in total. The second-order valence-corrected chi connectivity index (χ2v) is 6.27. The minimum atomic E-state index is 0.612. The smallest absolute Gasteiger partial charge is 0.119 e. The molecule has 3 aromatic rings. The Morgan fingerprint density at radius 3 is 2.24 bits per heavy atom. The van der Waals surface area contributed by atoms with E-state index in [0.717, 1.165) is 25.3 Å². The van der Waals surface area contributed by atoms with Crippen molar-refractivity contribution in [2.75, 3.05) is 6.54 Å². The molecule has 0 atom stereocenters. The first-order valence-corrected chi connectivity index (χ1v) is 8.82. The zero-order chi connectivity index (χ0) is 17.3. The molecule has 0 fully saturated rings. The van der Waals surface area contributed by atoms with Gasteiger partial charge in [0.25, 0.3) is 0 Å². The van der Waals surface area contributed by atoms with Gasteiger partial charge in [-0.3, -0.25) is 0 Å². The molecule has 2 nitrogen and oxygen atoms in total. The van der Waals surface area contributed by atoms with Crippen LogP contribution in [0.5, 0.6) is 5.75 Å². The third-order valence-electron chi connectivity index (χ3n) is 4.34. The molecule has 0 spiro atoms. The van der Waals surface area contributed by atoms with Gasteiger partial charge in [0.15, 0.2) is 0 Å². The van der Waals surface area contributed by atoms with Gasteiger partial charge in [-0.05, 0) is 54.3 Å². The van der Waals surface area contributed by atoms with Gasteiger partial charge in [-0.1, -0.05) is 66.7 Å². The number of rotatable bonds is 8. The first-order valence-electron chi connectivity index (χ1n) is 8.82. The van der Waals surface area contributed by atoms with Crippen molar-refractivity contribution < 1.29 is 4.74 Å². The second kappa shape index (κ2) is 9.05. The van der Waals surface area contributed by atoms with E-state index in [-0.39, 0.29) is 0 Å². The molecular weight excluding hydrogens is 306 g/mol. The van der Waals surface area contributed by atoms with Gasteiger partial charge in [-0.25, -0.2) is 0 Å². The number of nitrogens with one attached hydrogen (secondary N) is 1. The van der Waals surface area contributed by atoms with E-state index >= 15 is 0 Å². The third kappa shape index (κ3) is 5.47. The molecule has 0 aliphatic carbocycles. The summed E-state index contributed by atoms with van der Waals surface area (Å²) in [5.74, 6) is 0.913. The highest BCUT2D eigenvalue weighted by molar-refractivity contribution is 5.29. The lowest BCUT2D eigenvalue weighted by atomic mass is 10.1. The Bertz CT molecular complexity index is 766. The summed E-state index contributed by atoms with van der Waals surface area (Å²) in [6.45, 7) is 4.59. The van der Waals surface area contributed by atoms with E-state index in [9.17, 15) is 0 Å². The fourth-order valence-corrected chi connectivity index (χ4v) is 2.75. The summed E-state index contributed by atoms with van der Waals surface area (Å²) in [7, 11) is 0. The average molecular weight is 331 g/mol.